The summed E-state index contributed by atoms with van der Waals surface area (Å²) in [6.07, 6.45) is 1.74. The van der Waals surface area contributed by atoms with Gasteiger partial charge in [-0.3, -0.25) is 9.59 Å². The molecule has 188 valence electrons. The molecule has 2 atom stereocenters. The molecule has 2 saturated heterocycles. The van der Waals surface area contributed by atoms with Crippen molar-refractivity contribution in [2.24, 2.45) is 23.7 Å². The van der Waals surface area contributed by atoms with Crippen molar-refractivity contribution in [2.45, 2.75) is 57.2 Å². The van der Waals surface area contributed by atoms with Gasteiger partial charge in [0.05, 0.1) is 23.1 Å². The number of carbonyl (C=O) groups is 2. The molecule has 0 spiro atoms. The summed E-state index contributed by atoms with van der Waals surface area (Å²) >= 11 is 0. The molecular formula is C26H31F3N4O2. The second kappa shape index (κ2) is 9.36. The minimum absolute atomic E-state index is 0.0450. The topological polar surface area (TPSA) is 76.4 Å². The number of nitrogens with zero attached hydrogens (tertiary/aromatic N) is 3. The molecule has 1 N–H and O–H groups in total. The van der Waals surface area contributed by atoms with Crippen LogP contribution in [0.1, 0.15) is 56.1 Å². The van der Waals surface area contributed by atoms with Crippen LogP contribution < -0.4 is 10.2 Å². The van der Waals surface area contributed by atoms with Crippen molar-refractivity contribution in [1.29, 1.82) is 5.26 Å². The first-order valence-corrected chi connectivity index (χ1v) is 12.7. The minimum atomic E-state index is -4.58. The fourth-order valence-electron chi connectivity index (χ4n) is 5.67. The summed E-state index contributed by atoms with van der Waals surface area (Å²) in [4.78, 5) is 29.6. The Morgan fingerprint density at radius 2 is 1.77 bits per heavy atom. The number of benzene rings is 1. The normalized spacial score (nSPS) is 25.4. The van der Waals surface area contributed by atoms with Gasteiger partial charge < -0.3 is 15.1 Å². The van der Waals surface area contributed by atoms with Gasteiger partial charge in [0.2, 0.25) is 11.8 Å². The van der Waals surface area contributed by atoms with Crippen molar-refractivity contribution in [3.8, 4) is 6.07 Å². The van der Waals surface area contributed by atoms with Gasteiger partial charge in [-0.2, -0.15) is 18.4 Å². The molecule has 0 unspecified atom stereocenters. The third kappa shape index (κ3) is 5.41. The molecule has 5 rings (SSSR count). The Kier molecular flexibility index (Phi) is 6.41. The Morgan fingerprint density at radius 1 is 1.06 bits per heavy atom. The van der Waals surface area contributed by atoms with Crippen LogP contribution >= 0.6 is 0 Å². The number of nitriles is 1. The van der Waals surface area contributed by atoms with E-state index in [4.69, 9.17) is 5.26 Å². The summed E-state index contributed by atoms with van der Waals surface area (Å²) in [6, 6.07) is 5.78. The van der Waals surface area contributed by atoms with E-state index >= 15 is 0 Å². The Balaban J connectivity index is 1.26. The van der Waals surface area contributed by atoms with Gasteiger partial charge >= 0.3 is 6.18 Å². The van der Waals surface area contributed by atoms with Crippen LogP contribution in [-0.4, -0.2) is 48.9 Å². The first-order valence-electron chi connectivity index (χ1n) is 12.7. The van der Waals surface area contributed by atoms with Crippen LogP contribution in [0.3, 0.4) is 0 Å². The number of likely N-dealkylation sites (tertiary alicyclic amines) is 1. The highest BCUT2D eigenvalue weighted by Crippen LogP contribution is 2.40. The predicted molar refractivity (Wildman–Crippen MR) is 123 cm³/mol. The molecule has 4 fully saturated rings. The summed E-state index contributed by atoms with van der Waals surface area (Å²) in [7, 11) is 0. The van der Waals surface area contributed by atoms with Crippen molar-refractivity contribution >= 4 is 17.5 Å². The van der Waals surface area contributed by atoms with Crippen LogP contribution in [0.5, 0.6) is 0 Å². The fourth-order valence-corrected chi connectivity index (χ4v) is 5.67. The minimum Gasteiger partial charge on any atom is -0.372 e. The van der Waals surface area contributed by atoms with Gasteiger partial charge in [0.1, 0.15) is 0 Å². The molecule has 0 radical (unpaired) electrons. The Bertz CT molecular complexity index is 1020. The molecule has 2 saturated carbocycles. The zero-order valence-electron chi connectivity index (χ0n) is 19.7. The van der Waals surface area contributed by atoms with Gasteiger partial charge in [-0.25, -0.2) is 0 Å². The van der Waals surface area contributed by atoms with E-state index in [0.717, 1.165) is 44.6 Å². The summed E-state index contributed by atoms with van der Waals surface area (Å²) in [5.74, 6) is 0.781. The second-order valence-corrected chi connectivity index (χ2v) is 10.7. The van der Waals surface area contributed by atoms with Crippen molar-refractivity contribution in [2.75, 3.05) is 31.1 Å². The molecule has 2 aliphatic carbocycles. The van der Waals surface area contributed by atoms with Crippen molar-refractivity contribution in [3.05, 3.63) is 29.3 Å². The molecule has 1 aromatic carbocycles. The molecule has 4 aliphatic rings. The quantitative estimate of drug-likeness (QED) is 0.658. The predicted octanol–water partition coefficient (Wildman–Crippen LogP) is 3.95. The van der Waals surface area contributed by atoms with Crippen LogP contribution in [-0.2, 0) is 15.8 Å². The highest BCUT2D eigenvalue weighted by molar-refractivity contribution is 5.83. The lowest BCUT2D eigenvalue weighted by atomic mass is 9.78. The molecule has 0 aromatic heterocycles. The van der Waals surface area contributed by atoms with Crippen molar-refractivity contribution < 1.29 is 22.8 Å². The lowest BCUT2D eigenvalue weighted by molar-refractivity contribution is -0.137. The van der Waals surface area contributed by atoms with Gasteiger partial charge in [-0.15, -0.1) is 0 Å². The number of nitrogens with one attached hydrogen (secondary N) is 1. The van der Waals surface area contributed by atoms with E-state index < -0.39 is 11.7 Å². The molecule has 2 heterocycles. The first-order chi connectivity index (χ1) is 16.7. The van der Waals surface area contributed by atoms with Crippen molar-refractivity contribution in [3.63, 3.8) is 0 Å². The van der Waals surface area contributed by atoms with Gasteiger partial charge in [-0.1, -0.05) is 0 Å². The maximum Gasteiger partial charge on any atom is 0.417 e. The number of hydrogen-bond acceptors (Lipinski definition) is 4. The molecule has 2 amide bonds. The van der Waals surface area contributed by atoms with E-state index in [1.807, 2.05) is 9.80 Å². The van der Waals surface area contributed by atoms with Crippen LogP contribution in [0, 0.1) is 35.0 Å². The fraction of sp³-hybridized carbons (Fsp3) is 0.654. The van der Waals surface area contributed by atoms with Crippen LogP contribution in [0.15, 0.2) is 18.2 Å². The average Bonchev–Trinajstić information content (AvgIpc) is 3.77. The molecule has 35 heavy (non-hydrogen) atoms. The van der Waals surface area contributed by atoms with Crippen molar-refractivity contribution in [1.82, 2.24) is 10.2 Å². The molecule has 0 bridgehead atoms. The number of alkyl halides is 3. The third-order valence-electron chi connectivity index (χ3n) is 8.08. The van der Waals surface area contributed by atoms with E-state index in [0.29, 0.717) is 44.2 Å². The van der Waals surface area contributed by atoms with E-state index in [1.54, 1.807) is 12.1 Å². The highest BCUT2D eigenvalue weighted by atomic mass is 19.4. The van der Waals surface area contributed by atoms with E-state index in [-0.39, 0.29) is 41.2 Å². The Morgan fingerprint density at radius 3 is 2.37 bits per heavy atom. The first kappa shape index (κ1) is 24.0. The number of anilines is 1. The third-order valence-corrected chi connectivity index (χ3v) is 8.08. The van der Waals surface area contributed by atoms with Crippen LogP contribution in [0.4, 0.5) is 18.9 Å². The smallest absolute Gasteiger partial charge is 0.372 e. The van der Waals surface area contributed by atoms with Gasteiger partial charge in [0, 0.05) is 44.3 Å². The standard InChI is InChI=1S/C26H31F3N4O2/c27-26(28,29)23-12-20(6-3-18(23)13-30)32-9-7-17(8-10-32)21-14-33(24(34)11-16-1-2-16)15-22(21)25(35)31-19-4-5-19/h3,6,12,16-17,19,21-22H,1-2,4-5,7-11,14-15H2,(H,31,35)/t21-,22+/m0/s1. The average molecular weight is 489 g/mol. The Labute approximate surface area is 203 Å². The molecule has 1 aromatic rings. The van der Waals surface area contributed by atoms with E-state index in [1.165, 1.54) is 6.07 Å². The second-order valence-electron chi connectivity index (χ2n) is 10.7. The largest absolute Gasteiger partial charge is 0.417 e. The zero-order valence-corrected chi connectivity index (χ0v) is 19.7. The molecule has 2 aliphatic heterocycles. The lowest BCUT2D eigenvalue weighted by Crippen LogP contribution is -2.42. The van der Waals surface area contributed by atoms with E-state index in [2.05, 4.69) is 5.32 Å². The highest BCUT2D eigenvalue weighted by Gasteiger charge is 2.45. The van der Waals surface area contributed by atoms with Crippen LogP contribution in [0.25, 0.3) is 0 Å². The SMILES string of the molecule is N#Cc1ccc(N2CCC([C@@H]3CN(C(=O)CC4CC4)C[C@H]3C(=O)NC3CC3)CC2)cc1C(F)(F)F. The van der Waals surface area contributed by atoms with Gasteiger partial charge in [0.15, 0.2) is 0 Å². The molecule has 6 nitrogen and oxygen atoms in total. The lowest BCUT2D eigenvalue weighted by Gasteiger charge is -2.37. The Hall–Kier alpha value is -2.76. The number of amides is 2. The zero-order chi connectivity index (χ0) is 24.7. The van der Waals surface area contributed by atoms with E-state index in [9.17, 15) is 22.8 Å². The summed E-state index contributed by atoms with van der Waals surface area (Å²) in [5, 5.41) is 12.2. The summed E-state index contributed by atoms with van der Waals surface area (Å²) in [6.45, 7) is 2.22. The molecular weight excluding hydrogens is 457 g/mol. The number of carbonyl (C=O) groups excluding carboxylic acids is 2. The van der Waals surface area contributed by atoms with Crippen LogP contribution in [0.2, 0.25) is 0 Å². The summed E-state index contributed by atoms with van der Waals surface area (Å²) in [5.41, 5.74) is -0.815. The number of piperidine rings is 1. The molecule has 9 heteroatoms. The van der Waals surface area contributed by atoms with Gasteiger partial charge in [0.25, 0.3) is 0 Å². The monoisotopic (exact) mass is 488 g/mol. The maximum absolute atomic E-state index is 13.4. The number of rotatable bonds is 6. The van der Waals surface area contributed by atoms with Gasteiger partial charge in [-0.05, 0) is 74.5 Å². The summed E-state index contributed by atoms with van der Waals surface area (Å²) < 4.78 is 40.2. The maximum atomic E-state index is 13.4. The number of hydrogen-bond donors (Lipinski definition) is 1. The number of halogens is 3.